The van der Waals surface area contributed by atoms with Crippen LogP contribution in [0.1, 0.15) is 164 Å². The molecule has 0 saturated heterocycles. The summed E-state index contributed by atoms with van der Waals surface area (Å²) in [6.07, 6.45) is -9.13. The zero-order valence-electron chi connectivity index (χ0n) is 58.5. The highest BCUT2D eigenvalue weighted by molar-refractivity contribution is 5.93. The van der Waals surface area contributed by atoms with Crippen LogP contribution < -0.4 is 75.8 Å². The third kappa shape index (κ3) is 19.5. The second-order valence-electron chi connectivity index (χ2n) is 22.8. The van der Waals surface area contributed by atoms with Crippen LogP contribution in [0.3, 0.4) is 0 Å². The fourth-order valence-corrected chi connectivity index (χ4v) is 10.9. The summed E-state index contributed by atoms with van der Waals surface area (Å²) in [7, 11) is 0. The Labute approximate surface area is 598 Å². The van der Waals surface area contributed by atoms with Crippen LogP contribution in [0, 0.1) is 0 Å². The number of benzene rings is 6. The third-order valence-corrected chi connectivity index (χ3v) is 14.0. The summed E-state index contributed by atoms with van der Waals surface area (Å²) in [6, 6.07) is 13.5. The van der Waals surface area contributed by atoms with Crippen molar-refractivity contribution in [1.82, 2.24) is 0 Å². The van der Waals surface area contributed by atoms with Crippen LogP contribution in [0.15, 0.2) is 78.9 Å². The molecule has 554 valence electrons. The molecule has 6 aromatic carbocycles. The van der Waals surface area contributed by atoms with E-state index in [1.165, 1.54) is 12.1 Å². The van der Waals surface area contributed by atoms with Crippen molar-refractivity contribution in [2.45, 2.75) is 134 Å². The van der Waals surface area contributed by atoms with E-state index in [-0.39, 0.29) is 28.0 Å². The first-order chi connectivity index (χ1) is 49.8. The van der Waals surface area contributed by atoms with Crippen LogP contribution in [-0.4, -0.2) is 108 Å². The molecule has 0 amide bonds. The van der Waals surface area contributed by atoms with E-state index in [2.05, 4.69) is 0 Å². The van der Waals surface area contributed by atoms with E-state index < -0.39 is 235 Å². The van der Waals surface area contributed by atoms with Crippen LogP contribution >= 0.6 is 0 Å². The van der Waals surface area contributed by atoms with Gasteiger partial charge in [-0.15, -0.1) is 0 Å². The van der Waals surface area contributed by atoms with E-state index in [1.807, 2.05) is 0 Å². The molecule has 0 aromatic heterocycles. The van der Waals surface area contributed by atoms with E-state index in [9.17, 15) is 67.1 Å². The summed E-state index contributed by atoms with van der Waals surface area (Å²) >= 11 is 0. The van der Waals surface area contributed by atoms with Crippen molar-refractivity contribution in [3.63, 3.8) is 0 Å². The van der Waals surface area contributed by atoms with Gasteiger partial charge in [0.05, 0.1) is 17.0 Å². The molecule has 0 bridgehead atoms. The van der Waals surface area contributed by atoms with Crippen molar-refractivity contribution in [2.24, 2.45) is 0 Å². The first-order valence-electron chi connectivity index (χ1n) is 31.2. The van der Waals surface area contributed by atoms with Crippen molar-refractivity contribution >= 4 is 95.5 Å². The topological polar surface area (TPSA) is 439 Å². The molecular formula is C72H62O34. The predicted octanol–water partition coefficient (Wildman–Crippen LogP) is 8.03. The van der Waals surface area contributed by atoms with Crippen molar-refractivity contribution in [1.29, 1.82) is 0 Å². The van der Waals surface area contributed by atoms with Crippen LogP contribution in [-0.2, 0) is 83.0 Å². The number of fused-ring (bicyclic) bond motifs is 2. The molecule has 0 spiro atoms. The lowest BCUT2D eigenvalue weighted by Gasteiger charge is -2.42. The lowest BCUT2D eigenvalue weighted by molar-refractivity contribution is -0.135. The zero-order valence-corrected chi connectivity index (χ0v) is 58.5. The summed E-state index contributed by atoms with van der Waals surface area (Å²) in [5, 5.41) is 0. The Morgan fingerprint density at radius 2 is 0.642 bits per heavy atom. The molecule has 8 rings (SSSR count). The molecule has 6 aromatic rings. The zero-order chi connectivity index (χ0) is 78.0. The van der Waals surface area contributed by atoms with Crippen molar-refractivity contribution < 1.29 is 162 Å². The minimum atomic E-state index is -2.21. The number of carbonyl (C=O) groups is 16. The summed E-state index contributed by atoms with van der Waals surface area (Å²) in [5.41, 5.74) is -3.03. The predicted molar refractivity (Wildman–Crippen MR) is 348 cm³/mol. The van der Waals surface area contributed by atoms with Gasteiger partial charge in [0.15, 0.2) is 52.8 Å². The Morgan fingerprint density at radius 3 is 1.04 bits per heavy atom. The molecule has 5 atom stereocenters. The number of hydrogen-bond acceptors (Lipinski definition) is 34. The number of carbonyl (C=O) groups excluding carboxylic acids is 16. The van der Waals surface area contributed by atoms with E-state index in [1.54, 1.807) is 0 Å². The van der Waals surface area contributed by atoms with Gasteiger partial charge in [0, 0.05) is 149 Å². The maximum absolute atomic E-state index is 15.4. The van der Waals surface area contributed by atoms with Gasteiger partial charge < -0.3 is 85.3 Å². The van der Waals surface area contributed by atoms with Gasteiger partial charge in [-0.1, -0.05) is 0 Å². The van der Waals surface area contributed by atoms with E-state index >= 15 is 9.59 Å². The molecule has 0 radical (unpaired) electrons. The molecule has 34 nitrogen and oxygen atoms in total. The van der Waals surface area contributed by atoms with Gasteiger partial charge in [-0.25, -0.2) is 9.59 Å². The molecule has 2 heterocycles. The molecule has 0 N–H and O–H groups in total. The molecule has 0 fully saturated rings. The van der Waals surface area contributed by atoms with Crippen molar-refractivity contribution in [3.8, 4) is 92.0 Å². The maximum atomic E-state index is 15.4. The first kappa shape index (κ1) is 78.2. The van der Waals surface area contributed by atoms with Crippen molar-refractivity contribution in [3.05, 3.63) is 118 Å². The highest BCUT2D eigenvalue weighted by Gasteiger charge is 2.51. The van der Waals surface area contributed by atoms with Gasteiger partial charge in [-0.05, 0) is 60.7 Å². The van der Waals surface area contributed by atoms with Gasteiger partial charge in [-0.3, -0.25) is 67.1 Å². The highest BCUT2D eigenvalue weighted by Crippen LogP contribution is 2.60. The normalized spacial score (nSPS) is 15.1. The van der Waals surface area contributed by atoms with Gasteiger partial charge in [-0.2, -0.15) is 0 Å². The van der Waals surface area contributed by atoms with Crippen LogP contribution in [0.2, 0.25) is 0 Å². The minimum Gasteiger partial charge on any atom is -0.481 e. The Balaban J connectivity index is 1.58. The Bertz CT molecular complexity index is 4600. The molecule has 2 aliphatic rings. The Hall–Kier alpha value is -13.6. The number of hydrogen-bond donors (Lipinski definition) is 0. The number of esters is 16. The second kappa shape index (κ2) is 33.0. The monoisotopic (exact) mass is 1470 g/mol. The van der Waals surface area contributed by atoms with Gasteiger partial charge in [0.25, 0.3) is 0 Å². The molecule has 0 saturated carbocycles. The maximum Gasteiger partial charge on any atom is 0.338 e. The fourth-order valence-electron chi connectivity index (χ4n) is 10.9. The van der Waals surface area contributed by atoms with Crippen LogP contribution in [0.5, 0.6) is 92.0 Å². The van der Waals surface area contributed by atoms with Gasteiger partial charge >= 0.3 is 95.5 Å². The van der Waals surface area contributed by atoms with E-state index in [0.717, 1.165) is 164 Å². The summed E-state index contributed by atoms with van der Waals surface area (Å²) in [6.45, 7) is 13.3. The van der Waals surface area contributed by atoms with Crippen LogP contribution in [0.4, 0.5) is 0 Å². The SMILES string of the molecule is CC(=O)Oc1ccc(C(=O)O[C@@H]2[C@@H](c3c(OC(C)=O)cc(OC(C)=O)c4c3O[C@H](c3cc(OC(C)=O)c(OC(C)=O)c(OC(C)=O)c3)[C@H](OC(=O)c3cc(OC(C)=O)c(OC(C)=O)c(OC(C)=O)c3)C4)c3c(OC(C)=O)cc(OC(C)=O)cc3O[C@@H]2c2cc(OC(C)=O)c(OC(C)=O)c(OC(C)=O)c2)cc1. The van der Waals surface area contributed by atoms with Crippen molar-refractivity contribution in [2.75, 3.05) is 0 Å². The van der Waals surface area contributed by atoms with E-state index in [4.69, 9.17) is 85.3 Å². The number of ether oxygens (including phenoxy) is 18. The standard InChI is InChI=1S/C72H62O34/c1-29(73)89-47-17-15-43(16-18-47)71(87)106-70-63(61-51(92-32(4)76)25-48(90-30(2)74)26-52(61)103-65(70)45-21-56(96-36(8)80)68(101-41(13)85)57(22-45)97-37(9)81)62-53(93-33(5)77)28-50(91-31(3)75)49-27-60(104-72(88)46-23-58(98-38(10)82)69(102-42(14)86)59(24-46)99-39(11)83)64(105-66(49)62)44-19-54(94-34(6)78)67(100-40(12)84)55(20-44)95-35(7)79/h15-26,28,60,63-65,70H,27H2,1-14H3/t60-,63-,64-,65-,70-/m1/s1. The summed E-state index contributed by atoms with van der Waals surface area (Å²) < 4.78 is 105. The molecule has 106 heavy (non-hydrogen) atoms. The lowest BCUT2D eigenvalue weighted by atomic mass is 9.77. The summed E-state index contributed by atoms with van der Waals surface area (Å²) in [5.74, 6) is -29.1. The third-order valence-electron chi connectivity index (χ3n) is 14.0. The molecule has 0 unspecified atom stereocenters. The molecule has 2 aliphatic heterocycles. The first-order valence-corrected chi connectivity index (χ1v) is 31.2. The number of rotatable bonds is 21. The Kier molecular flexibility index (Phi) is 24.4. The smallest absolute Gasteiger partial charge is 0.338 e. The Morgan fingerprint density at radius 1 is 0.302 bits per heavy atom. The van der Waals surface area contributed by atoms with E-state index in [0.29, 0.717) is 0 Å². The quantitative estimate of drug-likeness (QED) is 0.0485. The summed E-state index contributed by atoms with van der Waals surface area (Å²) in [4.78, 5) is 212. The minimum absolute atomic E-state index is 0.0638. The fraction of sp³-hybridized carbons (Fsp3) is 0.278. The largest absolute Gasteiger partial charge is 0.481 e. The average molecular weight is 1470 g/mol. The molecule has 0 aliphatic carbocycles. The van der Waals surface area contributed by atoms with Gasteiger partial charge in [0.1, 0.15) is 46.4 Å². The molecular weight excluding hydrogens is 1410 g/mol. The average Bonchev–Trinajstić information content (AvgIpc) is 0.716. The van der Waals surface area contributed by atoms with Gasteiger partial charge in [0.2, 0.25) is 17.2 Å². The van der Waals surface area contributed by atoms with Crippen LogP contribution in [0.25, 0.3) is 0 Å². The lowest BCUT2D eigenvalue weighted by Crippen LogP contribution is -2.41. The highest BCUT2D eigenvalue weighted by atomic mass is 16.6. The second-order valence-corrected chi connectivity index (χ2v) is 22.8. The molecule has 34 heteroatoms.